The highest BCUT2D eigenvalue weighted by atomic mass is 16.5. The smallest absolute Gasteiger partial charge is 0.256 e. The first-order valence-electron chi connectivity index (χ1n) is 7.90. The highest BCUT2D eigenvalue weighted by Crippen LogP contribution is 2.22. The van der Waals surface area contributed by atoms with Crippen LogP contribution in [-0.4, -0.2) is 47.5 Å². The van der Waals surface area contributed by atoms with Crippen LogP contribution < -0.4 is 10.1 Å². The minimum Gasteiger partial charge on any atom is -0.471 e. The molecule has 1 amide bonds. The van der Waals surface area contributed by atoms with Gasteiger partial charge in [-0.1, -0.05) is 0 Å². The van der Waals surface area contributed by atoms with Gasteiger partial charge in [-0.2, -0.15) is 0 Å². The first-order chi connectivity index (χ1) is 10.7. The first kappa shape index (κ1) is 15.2. The number of amides is 1. The number of hydrogen-bond acceptors (Lipinski definition) is 5. The second kappa shape index (κ2) is 7.07. The van der Waals surface area contributed by atoms with Crippen molar-refractivity contribution in [1.82, 2.24) is 10.3 Å². The van der Waals surface area contributed by atoms with Crippen LogP contribution in [-0.2, 0) is 4.74 Å². The van der Waals surface area contributed by atoms with Gasteiger partial charge in [-0.3, -0.25) is 4.79 Å². The Morgan fingerprint density at radius 3 is 2.86 bits per heavy atom. The van der Waals surface area contributed by atoms with Crippen LogP contribution in [0.1, 0.15) is 42.5 Å². The van der Waals surface area contributed by atoms with Crippen molar-refractivity contribution in [1.29, 1.82) is 0 Å². The largest absolute Gasteiger partial charge is 0.471 e. The summed E-state index contributed by atoms with van der Waals surface area (Å²) >= 11 is 0. The molecule has 0 bridgehead atoms. The molecular weight excluding hydrogens is 284 g/mol. The van der Waals surface area contributed by atoms with Gasteiger partial charge in [0.25, 0.3) is 5.91 Å². The Kier molecular flexibility index (Phi) is 4.90. The predicted molar refractivity (Wildman–Crippen MR) is 79.8 cm³/mol. The third kappa shape index (κ3) is 3.75. The fraction of sp³-hybridized carbons (Fsp3) is 0.625. The van der Waals surface area contributed by atoms with Gasteiger partial charge < -0.3 is 19.9 Å². The van der Waals surface area contributed by atoms with Crippen LogP contribution in [0, 0.1) is 0 Å². The molecule has 2 fully saturated rings. The van der Waals surface area contributed by atoms with Gasteiger partial charge in [0.05, 0.1) is 19.3 Å². The van der Waals surface area contributed by atoms with Crippen LogP contribution >= 0.6 is 0 Å². The molecule has 6 heteroatoms. The summed E-state index contributed by atoms with van der Waals surface area (Å²) in [6.07, 6.45) is 5.26. The average Bonchev–Trinajstić information content (AvgIpc) is 3.03. The molecule has 2 heterocycles. The molecule has 0 aromatic carbocycles. The predicted octanol–water partition coefficient (Wildman–Crippen LogP) is 1.28. The fourth-order valence-electron chi connectivity index (χ4n) is 2.90. The molecule has 1 saturated heterocycles. The first-order valence-corrected chi connectivity index (χ1v) is 7.90. The molecule has 3 rings (SSSR count). The number of pyridine rings is 1. The maximum atomic E-state index is 12.5. The van der Waals surface area contributed by atoms with Crippen LogP contribution in [0.4, 0.5) is 0 Å². The van der Waals surface area contributed by atoms with E-state index in [1.165, 1.54) is 0 Å². The van der Waals surface area contributed by atoms with Crippen molar-refractivity contribution in [3.05, 3.63) is 23.9 Å². The molecule has 1 saturated carbocycles. The van der Waals surface area contributed by atoms with Crippen LogP contribution in [0.15, 0.2) is 18.3 Å². The summed E-state index contributed by atoms with van der Waals surface area (Å²) < 4.78 is 11.1. The zero-order chi connectivity index (χ0) is 15.4. The van der Waals surface area contributed by atoms with Crippen molar-refractivity contribution < 1.29 is 19.4 Å². The normalized spacial score (nSPS) is 28.3. The van der Waals surface area contributed by atoms with Crippen LogP contribution in [0.5, 0.6) is 5.88 Å². The van der Waals surface area contributed by atoms with Gasteiger partial charge in [0.1, 0.15) is 11.7 Å². The third-order valence-corrected chi connectivity index (χ3v) is 4.21. The molecule has 0 radical (unpaired) electrons. The van der Waals surface area contributed by atoms with Crippen molar-refractivity contribution in [2.45, 2.75) is 50.4 Å². The zero-order valence-electron chi connectivity index (χ0n) is 12.5. The monoisotopic (exact) mass is 306 g/mol. The molecule has 6 nitrogen and oxygen atoms in total. The topological polar surface area (TPSA) is 80.7 Å². The molecule has 120 valence electrons. The number of rotatable bonds is 4. The molecule has 0 unspecified atom stereocenters. The molecule has 22 heavy (non-hydrogen) atoms. The number of carbonyl (C=O) groups is 1. The number of ether oxygens (including phenoxy) is 2. The Balaban J connectivity index is 1.64. The number of nitrogens with zero attached hydrogens (tertiary/aromatic N) is 1. The molecule has 0 spiro atoms. The zero-order valence-corrected chi connectivity index (χ0v) is 12.5. The van der Waals surface area contributed by atoms with Gasteiger partial charge in [-0.15, -0.1) is 0 Å². The van der Waals surface area contributed by atoms with E-state index in [4.69, 9.17) is 9.47 Å². The van der Waals surface area contributed by atoms with Crippen molar-refractivity contribution in [2.24, 2.45) is 0 Å². The lowest BCUT2D eigenvalue weighted by atomic mass is 9.93. The highest BCUT2D eigenvalue weighted by molar-refractivity contribution is 5.96. The van der Waals surface area contributed by atoms with E-state index in [2.05, 4.69) is 10.3 Å². The molecule has 1 aliphatic heterocycles. The van der Waals surface area contributed by atoms with E-state index in [1.807, 2.05) is 0 Å². The lowest BCUT2D eigenvalue weighted by molar-refractivity contribution is 0.0857. The number of aliphatic hydroxyl groups excluding tert-OH is 1. The van der Waals surface area contributed by atoms with Gasteiger partial charge >= 0.3 is 0 Å². The molecular formula is C16H22N2O4. The fourth-order valence-corrected chi connectivity index (χ4v) is 2.90. The summed E-state index contributed by atoms with van der Waals surface area (Å²) in [6.45, 7) is 1.22. The molecule has 2 N–H and O–H groups in total. The molecule has 1 atom stereocenters. The van der Waals surface area contributed by atoms with E-state index in [0.29, 0.717) is 24.7 Å². The summed E-state index contributed by atoms with van der Waals surface area (Å²) in [4.78, 5) is 16.7. The standard InChI is InChI=1S/C16H22N2O4/c19-12-5-3-11(4-6-12)18-15(20)14-2-1-8-17-16(14)22-13-7-9-21-10-13/h1-2,8,11-13,19H,3-7,9-10H2,(H,18,20)/t11?,12?,13-/m0/s1. The van der Waals surface area contributed by atoms with Crippen molar-refractivity contribution in [3.8, 4) is 5.88 Å². The van der Waals surface area contributed by atoms with Gasteiger partial charge in [-0.25, -0.2) is 4.98 Å². The second-order valence-corrected chi connectivity index (χ2v) is 5.94. The molecule has 1 aromatic rings. The van der Waals surface area contributed by atoms with Gasteiger partial charge in [0.2, 0.25) is 5.88 Å². The van der Waals surface area contributed by atoms with Crippen LogP contribution in [0.3, 0.4) is 0 Å². The number of hydrogen-bond donors (Lipinski definition) is 2. The van der Waals surface area contributed by atoms with E-state index in [9.17, 15) is 9.90 Å². The number of carbonyl (C=O) groups excluding carboxylic acids is 1. The Morgan fingerprint density at radius 2 is 2.14 bits per heavy atom. The molecule has 2 aliphatic rings. The Morgan fingerprint density at radius 1 is 1.32 bits per heavy atom. The maximum Gasteiger partial charge on any atom is 0.256 e. The quantitative estimate of drug-likeness (QED) is 0.876. The van der Waals surface area contributed by atoms with Crippen LogP contribution in [0.25, 0.3) is 0 Å². The Bertz CT molecular complexity index is 509. The van der Waals surface area contributed by atoms with Crippen molar-refractivity contribution in [2.75, 3.05) is 13.2 Å². The van der Waals surface area contributed by atoms with Crippen molar-refractivity contribution in [3.63, 3.8) is 0 Å². The summed E-state index contributed by atoms with van der Waals surface area (Å²) in [7, 11) is 0. The second-order valence-electron chi connectivity index (χ2n) is 5.94. The lowest BCUT2D eigenvalue weighted by Crippen LogP contribution is -2.38. The van der Waals surface area contributed by atoms with E-state index in [1.54, 1.807) is 18.3 Å². The number of nitrogens with one attached hydrogen (secondary N) is 1. The maximum absolute atomic E-state index is 12.5. The van der Waals surface area contributed by atoms with E-state index in [-0.39, 0.29) is 24.2 Å². The number of aliphatic hydroxyl groups is 1. The Hall–Kier alpha value is -1.66. The number of aromatic nitrogens is 1. The van der Waals surface area contributed by atoms with E-state index in [0.717, 1.165) is 32.1 Å². The lowest BCUT2D eigenvalue weighted by Gasteiger charge is -2.26. The highest BCUT2D eigenvalue weighted by Gasteiger charge is 2.24. The summed E-state index contributed by atoms with van der Waals surface area (Å²) in [5.41, 5.74) is 0.459. The average molecular weight is 306 g/mol. The van der Waals surface area contributed by atoms with Gasteiger partial charge in [0, 0.05) is 18.7 Å². The van der Waals surface area contributed by atoms with Gasteiger partial charge in [-0.05, 0) is 37.8 Å². The van der Waals surface area contributed by atoms with Crippen LogP contribution in [0.2, 0.25) is 0 Å². The summed E-state index contributed by atoms with van der Waals surface area (Å²) in [5, 5.41) is 12.5. The van der Waals surface area contributed by atoms with Gasteiger partial charge in [0.15, 0.2) is 0 Å². The Labute approximate surface area is 129 Å². The van der Waals surface area contributed by atoms with Crippen molar-refractivity contribution >= 4 is 5.91 Å². The van der Waals surface area contributed by atoms with E-state index >= 15 is 0 Å². The summed E-state index contributed by atoms with van der Waals surface area (Å²) in [5.74, 6) is 0.203. The van der Waals surface area contributed by atoms with E-state index < -0.39 is 0 Å². The SMILES string of the molecule is O=C(NC1CCC(O)CC1)c1cccnc1O[C@H]1CCOC1. The minimum absolute atomic E-state index is 0.0359. The minimum atomic E-state index is -0.229. The molecule has 1 aliphatic carbocycles. The summed E-state index contributed by atoms with van der Waals surface area (Å²) in [6, 6.07) is 3.57. The molecule has 1 aromatic heterocycles. The third-order valence-electron chi connectivity index (χ3n) is 4.21.